The zero-order valence-corrected chi connectivity index (χ0v) is 10.3. The minimum absolute atomic E-state index is 0. The van der Waals surface area contributed by atoms with Crippen LogP contribution in [-0.4, -0.2) is 12.6 Å². The van der Waals surface area contributed by atoms with Gasteiger partial charge in [0.1, 0.15) is 0 Å². The second kappa shape index (κ2) is 3.85. The smallest absolute Gasteiger partial charge is 0 e. The molecule has 2 heteroatoms. The summed E-state index contributed by atoms with van der Waals surface area (Å²) in [5, 5.41) is 4.54. The van der Waals surface area contributed by atoms with Gasteiger partial charge < -0.3 is 5.32 Å². The van der Waals surface area contributed by atoms with Crippen LogP contribution in [-0.2, 0) is 32.7 Å². The van der Waals surface area contributed by atoms with E-state index in [9.17, 15) is 0 Å². The molecule has 0 spiro atoms. The van der Waals surface area contributed by atoms with Crippen molar-refractivity contribution in [3.8, 4) is 0 Å². The van der Waals surface area contributed by atoms with E-state index in [1.54, 1.807) is 0 Å². The largest absolute Gasteiger partial charge is 0.659 e. The summed E-state index contributed by atoms with van der Waals surface area (Å²) in [6.45, 7) is 5.85. The van der Waals surface area contributed by atoms with E-state index >= 15 is 0 Å². The zero-order valence-electron chi connectivity index (χ0n) is 7.46. The molecule has 2 aliphatic rings. The molecule has 1 aliphatic heterocycles. The van der Waals surface area contributed by atoms with Gasteiger partial charge in [0.2, 0.25) is 0 Å². The summed E-state index contributed by atoms with van der Waals surface area (Å²) < 4.78 is 0. The maximum absolute atomic E-state index is 4.54. The summed E-state index contributed by atoms with van der Waals surface area (Å²) in [4.78, 5) is 0. The van der Waals surface area contributed by atoms with Crippen molar-refractivity contribution in [3.63, 3.8) is 0 Å². The Morgan fingerprint density at radius 1 is 1.36 bits per heavy atom. The molecule has 3 unspecified atom stereocenters. The quantitative estimate of drug-likeness (QED) is 0.653. The van der Waals surface area contributed by atoms with E-state index < -0.39 is 0 Å². The molecule has 1 nitrogen and oxygen atoms in total. The Hall–Kier alpha value is 1.06. The molecular weight excluding hydrogens is 211 g/mol. The van der Waals surface area contributed by atoms with Crippen LogP contribution in [0, 0.1) is 17.8 Å². The van der Waals surface area contributed by atoms with Crippen molar-refractivity contribution < 1.29 is 32.7 Å². The second-order valence-electron chi connectivity index (χ2n) is 4.07. The molecule has 1 heterocycles. The Bertz CT molecular complexity index is 136. The third kappa shape index (κ3) is 2.05. The monoisotopic (exact) mass is 227 g/mol. The van der Waals surface area contributed by atoms with Crippen molar-refractivity contribution in [2.24, 2.45) is 17.8 Å². The molecule has 61 valence electrons. The molecule has 1 saturated carbocycles. The van der Waals surface area contributed by atoms with E-state index in [1.165, 1.54) is 12.8 Å². The van der Waals surface area contributed by atoms with E-state index in [0.717, 1.165) is 30.3 Å². The van der Waals surface area contributed by atoms with Crippen LogP contribution < -0.4 is 0 Å². The molecule has 0 aromatic heterocycles. The maximum Gasteiger partial charge on any atom is 0 e. The van der Waals surface area contributed by atoms with Gasteiger partial charge >= 0.3 is 0 Å². The average molecular weight is 227 g/mol. The predicted molar refractivity (Wildman–Crippen MR) is 43.1 cm³/mol. The fourth-order valence-corrected chi connectivity index (χ4v) is 2.30. The Morgan fingerprint density at radius 3 is 2.64 bits per heavy atom. The first kappa shape index (κ1) is 10.1. The SMILES string of the molecule is CC(C)C1CC[N-]C2CC21.[Y]. The summed E-state index contributed by atoms with van der Waals surface area (Å²) in [5.41, 5.74) is 0. The number of hydrogen-bond acceptors (Lipinski definition) is 0. The van der Waals surface area contributed by atoms with Gasteiger partial charge in [-0.25, -0.2) is 0 Å². The van der Waals surface area contributed by atoms with Gasteiger partial charge in [0.05, 0.1) is 0 Å². The second-order valence-corrected chi connectivity index (χ2v) is 4.07. The molecule has 2 fully saturated rings. The van der Waals surface area contributed by atoms with Gasteiger partial charge in [-0.1, -0.05) is 32.6 Å². The number of piperidine rings is 1. The number of nitrogens with zero attached hydrogens (tertiary/aromatic N) is 1. The summed E-state index contributed by atoms with van der Waals surface area (Å²) in [6, 6.07) is 0.793. The van der Waals surface area contributed by atoms with E-state index in [4.69, 9.17) is 0 Å². The fourth-order valence-electron chi connectivity index (χ4n) is 2.30. The molecule has 1 radical (unpaired) electrons. The molecule has 2 rings (SSSR count). The van der Waals surface area contributed by atoms with Crippen LogP contribution in [0.3, 0.4) is 0 Å². The standard InChI is InChI=1S/C9H16N.Y/c1-6(2)7-3-4-10-9-5-8(7)9;/h6-9H,3-5H2,1-2H3;/q-1;. The number of rotatable bonds is 1. The average Bonchev–Trinajstić information content (AvgIpc) is 2.63. The van der Waals surface area contributed by atoms with Gasteiger partial charge in [0.25, 0.3) is 0 Å². The zero-order chi connectivity index (χ0) is 7.14. The van der Waals surface area contributed by atoms with Gasteiger partial charge in [0, 0.05) is 32.7 Å². The van der Waals surface area contributed by atoms with Crippen molar-refractivity contribution in [1.82, 2.24) is 0 Å². The van der Waals surface area contributed by atoms with Crippen LogP contribution >= 0.6 is 0 Å². The summed E-state index contributed by atoms with van der Waals surface area (Å²) in [6.07, 6.45) is 2.77. The van der Waals surface area contributed by atoms with Crippen LogP contribution in [0.5, 0.6) is 0 Å². The van der Waals surface area contributed by atoms with Crippen LogP contribution in [0.4, 0.5) is 0 Å². The summed E-state index contributed by atoms with van der Waals surface area (Å²) in [7, 11) is 0. The third-order valence-electron chi connectivity index (χ3n) is 3.04. The minimum atomic E-state index is 0. The molecule has 0 aromatic rings. The Labute approximate surface area is 94.6 Å². The first-order valence-corrected chi connectivity index (χ1v) is 4.45. The molecule has 1 aliphatic carbocycles. The Kier molecular flexibility index (Phi) is 3.55. The maximum atomic E-state index is 4.54. The molecule has 3 atom stereocenters. The van der Waals surface area contributed by atoms with E-state index in [1.807, 2.05) is 0 Å². The molecule has 0 aromatic carbocycles. The van der Waals surface area contributed by atoms with E-state index in [-0.39, 0.29) is 32.7 Å². The van der Waals surface area contributed by atoms with Crippen LogP contribution in [0.1, 0.15) is 26.7 Å². The fraction of sp³-hybridized carbons (Fsp3) is 1.00. The van der Waals surface area contributed by atoms with Gasteiger partial charge in [-0.15, -0.1) is 12.6 Å². The van der Waals surface area contributed by atoms with Crippen LogP contribution in [0.25, 0.3) is 5.32 Å². The van der Waals surface area contributed by atoms with Gasteiger partial charge in [0.15, 0.2) is 0 Å². The van der Waals surface area contributed by atoms with Crippen molar-refractivity contribution in [2.45, 2.75) is 32.7 Å². The number of fused-ring (bicyclic) bond motifs is 1. The molecule has 0 amide bonds. The number of hydrogen-bond donors (Lipinski definition) is 0. The predicted octanol–water partition coefficient (Wildman–Crippen LogP) is 2.42. The van der Waals surface area contributed by atoms with Crippen molar-refractivity contribution >= 4 is 0 Å². The van der Waals surface area contributed by atoms with Crippen LogP contribution in [0.15, 0.2) is 0 Å². The molecular formula is C9H16NY-. The van der Waals surface area contributed by atoms with Crippen molar-refractivity contribution in [2.75, 3.05) is 6.54 Å². The first-order chi connectivity index (χ1) is 4.79. The van der Waals surface area contributed by atoms with E-state index in [0.29, 0.717) is 0 Å². The summed E-state index contributed by atoms with van der Waals surface area (Å²) >= 11 is 0. The van der Waals surface area contributed by atoms with Crippen LogP contribution in [0.2, 0.25) is 0 Å². The normalized spacial score (nSPS) is 41.2. The van der Waals surface area contributed by atoms with Gasteiger partial charge in [-0.3, -0.25) is 0 Å². The van der Waals surface area contributed by atoms with Gasteiger partial charge in [-0.05, 0) is 11.8 Å². The van der Waals surface area contributed by atoms with Crippen molar-refractivity contribution in [3.05, 3.63) is 5.32 Å². The van der Waals surface area contributed by atoms with Gasteiger partial charge in [-0.2, -0.15) is 0 Å². The van der Waals surface area contributed by atoms with E-state index in [2.05, 4.69) is 19.2 Å². The third-order valence-corrected chi connectivity index (χ3v) is 3.04. The Morgan fingerprint density at radius 2 is 2.09 bits per heavy atom. The molecule has 11 heavy (non-hydrogen) atoms. The molecule has 0 N–H and O–H groups in total. The van der Waals surface area contributed by atoms with Crippen molar-refractivity contribution in [1.29, 1.82) is 0 Å². The minimum Gasteiger partial charge on any atom is -0.659 e. The topological polar surface area (TPSA) is 14.1 Å². The summed E-state index contributed by atoms with van der Waals surface area (Å²) in [5.74, 6) is 2.89. The molecule has 0 bridgehead atoms. The Balaban J connectivity index is 0.000000605. The molecule has 1 saturated heterocycles. The first-order valence-electron chi connectivity index (χ1n) is 4.45.